The molecular formula is C25H24N2O4. The molecule has 0 aliphatic heterocycles. The first-order chi connectivity index (χ1) is 14.9. The van der Waals surface area contributed by atoms with Gasteiger partial charge in [-0.15, -0.1) is 0 Å². The molecular weight excluding hydrogens is 392 g/mol. The van der Waals surface area contributed by atoms with Crippen LogP contribution in [0.3, 0.4) is 0 Å². The highest BCUT2D eigenvalue weighted by molar-refractivity contribution is 6.04. The summed E-state index contributed by atoms with van der Waals surface area (Å²) in [5, 5.41) is 13.3. The number of benzene rings is 3. The Balaban J connectivity index is 1.54. The Morgan fingerprint density at radius 2 is 1.90 bits per heavy atom. The SMILES string of the molecule is CCCOc1cccc(C(=O)Nc2ccc(-c3nc4cc(C)c(C)cc4o3)c(O)c2)c1. The number of phenolic OH excluding ortho intramolecular Hbond substituents is 1. The summed E-state index contributed by atoms with van der Waals surface area (Å²) in [6.07, 6.45) is 0.890. The van der Waals surface area contributed by atoms with Gasteiger partial charge in [0.05, 0.1) is 12.2 Å². The number of hydrogen-bond donors (Lipinski definition) is 2. The highest BCUT2D eigenvalue weighted by Crippen LogP contribution is 2.34. The number of fused-ring (bicyclic) bond motifs is 1. The third-order valence-corrected chi connectivity index (χ3v) is 5.06. The molecule has 6 heteroatoms. The zero-order valence-corrected chi connectivity index (χ0v) is 17.7. The number of oxazole rings is 1. The van der Waals surface area contributed by atoms with E-state index in [2.05, 4.69) is 10.3 Å². The predicted molar refractivity (Wildman–Crippen MR) is 121 cm³/mol. The normalized spacial score (nSPS) is 10.9. The van der Waals surface area contributed by atoms with Crippen molar-refractivity contribution in [3.8, 4) is 23.0 Å². The van der Waals surface area contributed by atoms with Crippen LogP contribution in [0.1, 0.15) is 34.8 Å². The molecule has 1 heterocycles. The number of nitrogens with zero attached hydrogens (tertiary/aromatic N) is 1. The zero-order chi connectivity index (χ0) is 22.0. The summed E-state index contributed by atoms with van der Waals surface area (Å²) in [5.41, 5.74) is 5.04. The van der Waals surface area contributed by atoms with Crippen molar-refractivity contribution >= 4 is 22.7 Å². The van der Waals surface area contributed by atoms with Gasteiger partial charge in [-0.1, -0.05) is 13.0 Å². The van der Waals surface area contributed by atoms with Gasteiger partial charge >= 0.3 is 0 Å². The second-order valence-electron chi connectivity index (χ2n) is 7.49. The summed E-state index contributed by atoms with van der Waals surface area (Å²) in [7, 11) is 0. The van der Waals surface area contributed by atoms with Crippen LogP contribution in [0.25, 0.3) is 22.6 Å². The van der Waals surface area contributed by atoms with Crippen LogP contribution in [0.2, 0.25) is 0 Å². The molecule has 4 rings (SSSR count). The van der Waals surface area contributed by atoms with Crippen LogP contribution in [-0.2, 0) is 0 Å². The average molecular weight is 416 g/mol. The number of hydrogen-bond acceptors (Lipinski definition) is 5. The first-order valence-corrected chi connectivity index (χ1v) is 10.2. The highest BCUT2D eigenvalue weighted by atomic mass is 16.5. The van der Waals surface area contributed by atoms with E-state index < -0.39 is 0 Å². The number of amides is 1. The molecule has 158 valence electrons. The van der Waals surface area contributed by atoms with E-state index in [0.29, 0.717) is 40.6 Å². The van der Waals surface area contributed by atoms with Crippen molar-refractivity contribution in [2.45, 2.75) is 27.2 Å². The lowest BCUT2D eigenvalue weighted by atomic mass is 10.1. The molecule has 1 amide bonds. The molecule has 0 saturated carbocycles. The first-order valence-electron chi connectivity index (χ1n) is 10.2. The second-order valence-corrected chi connectivity index (χ2v) is 7.49. The largest absolute Gasteiger partial charge is 0.507 e. The molecule has 31 heavy (non-hydrogen) atoms. The molecule has 0 aliphatic carbocycles. The van der Waals surface area contributed by atoms with Gasteiger partial charge in [-0.25, -0.2) is 4.98 Å². The lowest BCUT2D eigenvalue weighted by Gasteiger charge is -2.09. The van der Waals surface area contributed by atoms with Crippen LogP contribution in [0.5, 0.6) is 11.5 Å². The fourth-order valence-corrected chi connectivity index (χ4v) is 3.24. The first kappa shape index (κ1) is 20.5. The highest BCUT2D eigenvalue weighted by Gasteiger charge is 2.15. The number of aromatic nitrogens is 1. The Hall–Kier alpha value is -3.80. The Morgan fingerprint density at radius 3 is 2.68 bits per heavy atom. The van der Waals surface area contributed by atoms with E-state index in [0.717, 1.165) is 23.1 Å². The molecule has 3 aromatic carbocycles. The number of aromatic hydroxyl groups is 1. The number of aryl methyl sites for hydroxylation is 2. The topological polar surface area (TPSA) is 84.6 Å². The third-order valence-electron chi connectivity index (χ3n) is 5.06. The minimum absolute atomic E-state index is 0.0298. The number of anilines is 1. The van der Waals surface area contributed by atoms with Crippen molar-refractivity contribution < 1.29 is 19.1 Å². The Bertz CT molecular complexity index is 1220. The van der Waals surface area contributed by atoms with Crippen LogP contribution >= 0.6 is 0 Å². The number of nitrogens with one attached hydrogen (secondary N) is 1. The molecule has 6 nitrogen and oxygen atoms in total. The van der Waals surface area contributed by atoms with Gasteiger partial charge in [0.2, 0.25) is 5.89 Å². The van der Waals surface area contributed by atoms with Gasteiger partial charge in [0.15, 0.2) is 5.58 Å². The molecule has 0 atom stereocenters. The Labute approximate surface area is 180 Å². The third kappa shape index (κ3) is 4.38. The van der Waals surface area contributed by atoms with Gasteiger partial charge in [0.1, 0.15) is 17.0 Å². The smallest absolute Gasteiger partial charge is 0.255 e. The van der Waals surface area contributed by atoms with Crippen molar-refractivity contribution in [2.24, 2.45) is 0 Å². The molecule has 0 fully saturated rings. The van der Waals surface area contributed by atoms with Crippen molar-refractivity contribution in [2.75, 3.05) is 11.9 Å². The monoisotopic (exact) mass is 416 g/mol. The molecule has 0 spiro atoms. The van der Waals surface area contributed by atoms with Gasteiger partial charge in [0.25, 0.3) is 5.91 Å². The minimum atomic E-state index is -0.290. The van der Waals surface area contributed by atoms with Gasteiger partial charge < -0.3 is 19.6 Å². The van der Waals surface area contributed by atoms with Gasteiger partial charge in [-0.2, -0.15) is 0 Å². The summed E-state index contributed by atoms with van der Waals surface area (Å²) in [6, 6.07) is 15.8. The zero-order valence-electron chi connectivity index (χ0n) is 17.7. The molecule has 2 N–H and O–H groups in total. The molecule has 4 aromatic rings. The maximum atomic E-state index is 12.6. The molecule has 0 unspecified atom stereocenters. The summed E-state index contributed by atoms with van der Waals surface area (Å²) in [5.74, 6) is 0.657. The van der Waals surface area contributed by atoms with E-state index >= 15 is 0 Å². The van der Waals surface area contributed by atoms with Gasteiger partial charge in [-0.3, -0.25) is 4.79 Å². The Kier molecular flexibility index (Phi) is 5.62. The van der Waals surface area contributed by atoms with Crippen LogP contribution in [0.4, 0.5) is 5.69 Å². The van der Waals surface area contributed by atoms with Crippen molar-refractivity contribution in [1.82, 2.24) is 4.98 Å². The number of ether oxygens (including phenoxy) is 1. The van der Waals surface area contributed by atoms with Crippen LogP contribution < -0.4 is 10.1 Å². The maximum Gasteiger partial charge on any atom is 0.255 e. The molecule has 1 aromatic heterocycles. The Morgan fingerprint density at radius 1 is 1.10 bits per heavy atom. The minimum Gasteiger partial charge on any atom is -0.507 e. The average Bonchev–Trinajstić information content (AvgIpc) is 3.15. The van der Waals surface area contributed by atoms with Crippen molar-refractivity contribution in [1.29, 1.82) is 0 Å². The predicted octanol–water partition coefficient (Wildman–Crippen LogP) is 5.86. The van der Waals surface area contributed by atoms with Crippen molar-refractivity contribution in [3.05, 3.63) is 71.3 Å². The van der Waals surface area contributed by atoms with E-state index in [1.54, 1.807) is 30.3 Å². The number of rotatable bonds is 6. The van der Waals surface area contributed by atoms with E-state index in [-0.39, 0.29) is 11.7 Å². The standard InChI is InChI=1S/C25H24N2O4/c1-4-10-30-19-7-5-6-17(13-19)24(29)26-18-8-9-20(22(28)14-18)25-27-21-11-15(2)16(3)12-23(21)31-25/h5-9,11-14,28H,4,10H2,1-3H3,(H,26,29). The number of carbonyl (C=O) groups excluding carboxylic acids is 1. The summed E-state index contributed by atoms with van der Waals surface area (Å²) in [6.45, 7) is 6.65. The molecule has 0 radical (unpaired) electrons. The van der Waals surface area contributed by atoms with E-state index in [1.165, 1.54) is 6.07 Å². The van der Waals surface area contributed by atoms with Gasteiger partial charge in [-0.05, 0) is 73.9 Å². The summed E-state index contributed by atoms with van der Waals surface area (Å²) < 4.78 is 11.4. The lowest BCUT2D eigenvalue weighted by Crippen LogP contribution is -2.12. The lowest BCUT2D eigenvalue weighted by molar-refractivity contribution is 0.102. The summed E-state index contributed by atoms with van der Waals surface area (Å²) in [4.78, 5) is 17.1. The van der Waals surface area contributed by atoms with Crippen LogP contribution in [0.15, 0.2) is 59.0 Å². The maximum absolute atomic E-state index is 12.6. The number of phenols is 1. The second kappa shape index (κ2) is 8.52. The fourth-order valence-electron chi connectivity index (χ4n) is 3.24. The number of carbonyl (C=O) groups is 1. The quantitative estimate of drug-likeness (QED) is 0.411. The molecule has 0 aliphatic rings. The fraction of sp³-hybridized carbons (Fsp3) is 0.200. The van der Waals surface area contributed by atoms with Crippen LogP contribution in [0, 0.1) is 13.8 Å². The summed E-state index contributed by atoms with van der Waals surface area (Å²) >= 11 is 0. The van der Waals surface area contributed by atoms with E-state index in [1.807, 2.05) is 39.0 Å². The molecule has 0 saturated heterocycles. The van der Waals surface area contributed by atoms with E-state index in [4.69, 9.17) is 9.15 Å². The van der Waals surface area contributed by atoms with Gasteiger partial charge in [0, 0.05) is 17.3 Å². The van der Waals surface area contributed by atoms with Crippen LogP contribution in [-0.4, -0.2) is 22.6 Å². The molecule has 0 bridgehead atoms. The van der Waals surface area contributed by atoms with Crippen molar-refractivity contribution in [3.63, 3.8) is 0 Å². The van der Waals surface area contributed by atoms with E-state index in [9.17, 15) is 9.90 Å².